The average Bonchev–Trinajstić information content (AvgIpc) is 3.12. The minimum absolute atomic E-state index is 0.0277. The average molecular weight is 738 g/mol. The number of nitrogens with zero attached hydrogens (tertiary/aromatic N) is 1. The van der Waals surface area contributed by atoms with Crippen molar-refractivity contribution in [2.75, 3.05) is 47.1 Å². The Bertz CT molecular complexity index is 738. The Morgan fingerprint density at radius 1 is 0.519 bits per heavy atom. The van der Waals surface area contributed by atoms with E-state index in [-0.39, 0.29) is 24.7 Å². The van der Waals surface area contributed by atoms with Crippen LogP contribution in [0.5, 0.6) is 0 Å². The highest BCUT2D eigenvalue weighted by Gasteiger charge is 2.14. The van der Waals surface area contributed by atoms with Crippen molar-refractivity contribution in [2.24, 2.45) is 0 Å². The van der Waals surface area contributed by atoms with Crippen LogP contribution < -0.4 is 0 Å². The van der Waals surface area contributed by atoms with Crippen molar-refractivity contribution in [3.8, 4) is 0 Å². The van der Waals surface area contributed by atoms with Crippen LogP contribution in [-0.4, -0.2) is 76.6 Å². The molecule has 0 fully saturated rings. The largest absolute Gasteiger partial charge is 0.462 e. The Morgan fingerprint density at radius 2 is 0.942 bits per heavy atom. The quantitative estimate of drug-likeness (QED) is 0.0268. The maximum atomic E-state index is 12.6. The smallest absolute Gasteiger partial charge is 0.306 e. The highest BCUT2D eigenvalue weighted by Crippen LogP contribution is 2.18. The van der Waals surface area contributed by atoms with Crippen LogP contribution >= 0.6 is 0 Å². The molecule has 0 N–H and O–H groups in total. The van der Waals surface area contributed by atoms with Crippen LogP contribution in [-0.2, 0) is 28.5 Å². The van der Waals surface area contributed by atoms with Gasteiger partial charge in [0.15, 0.2) is 12.6 Å². The van der Waals surface area contributed by atoms with E-state index in [1.807, 2.05) is 27.9 Å². The van der Waals surface area contributed by atoms with Crippen molar-refractivity contribution >= 4 is 5.97 Å². The fraction of sp³-hybridized carbons (Fsp3) is 0.889. The van der Waals surface area contributed by atoms with E-state index in [1.165, 1.54) is 103 Å². The minimum Gasteiger partial charge on any atom is -0.462 e. The van der Waals surface area contributed by atoms with Crippen LogP contribution in [0, 0.1) is 0 Å². The summed E-state index contributed by atoms with van der Waals surface area (Å²) in [7, 11) is 4.09. The van der Waals surface area contributed by atoms with E-state index < -0.39 is 0 Å². The molecule has 0 aliphatic carbocycles. The molecule has 0 radical (unpaired) electrons. The molecule has 0 saturated carbocycles. The van der Waals surface area contributed by atoms with Gasteiger partial charge < -0.3 is 28.6 Å². The summed E-state index contributed by atoms with van der Waals surface area (Å²) in [4.78, 5) is 14.7. The molecule has 2 atom stereocenters. The Labute approximate surface area is 323 Å². The van der Waals surface area contributed by atoms with E-state index in [0.29, 0.717) is 19.6 Å². The number of ether oxygens (including phenoxy) is 5. The summed E-state index contributed by atoms with van der Waals surface area (Å²) in [5.41, 5.74) is 0. The van der Waals surface area contributed by atoms with Gasteiger partial charge in [-0.15, -0.1) is 0 Å². The Hall–Kier alpha value is -1.25. The number of rotatable bonds is 41. The summed E-state index contributed by atoms with van der Waals surface area (Å²) in [5.74, 6) is -0.0277. The number of hydrogen-bond donors (Lipinski definition) is 0. The summed E-state index contributed by atoms with van der Waals surface area (Å²) < 4.78 is 29.2. The minimum atomic E-state index is -0.149. The van der Waals surface area contributed by atoms with Gasteiger partial charge in [-0.2, -0.15) is 0 Å². The van der Waals surface area contributed by atoms with Crippen molar-refractivity contribution in [2.45, 2.75) is 213 Å². The summed E-state index contributed by atoms with van der Waals surface area (Å²) in [6.45, 7) is 12.2. The van der Waals surface area contributed by atoms with Gasteiger partial charge in [0.2, 0.25) is 0 Å². The molecule has 0 bridgehead atoms. The number of carbonyl (C=O) groups excluding carboxylic acids is 1. The molecule has 52 heavy (non-hydrogen) atoms. The number of allylic oxidation sites excluding steroid dienone is 2. The molecule has 0 heterocycles. The molecule has 0 aliphatic rings. The van der Waals surface area contributed by atoms with E-state index in [2.05, 4.69) is 43.1 Å². The molecule has 0 aliphatic heterocycles. The van der Waals surface area contributed by atoms with Crippen molar-refractivity contribution < 1.29 is 28.5 Å². The van der Waals surface area contributed by atoms with Crippen molar-refractivity contribution in [1.29, 1.82) is 0 Å². The van der Waals surface area contributed by atoms with E-state index in [4.69, 9.17) is 23.7 Å². The summed E-state index contributed by atoms with van der Waals surface area (Å²) in [5, 5.41) is 0. The molecule has 0 saturated heterocycles. The summed E-state index contributed by atoms with van der Waals surface area (Å²) in [6, 6.07) is 0. The van der Waals surface area contributed by atoms with Crippen molar-refractivity contribution in [3.05, 3.63) is 24.3 Å². The van der Waals surface area contributed by atoms with Gasteiger partial charge in [0, 0.05) is 19.6 Å². The second kappa shape index (κ2) is 40.9. The van der Waals surface area contributed by atoms with Crippen LogP contribution in [0.1, 0.15) is 195 Å². The predicted octanol–water partition coefficient (Wildman–Crippen LogP) is 12.5. The zero-order valence-corrected chi connectivity index (χ0v) is 35.4. The molecule has 0 aromatic rings. The van der Waals surface area contributed by atoms with Gasteiger partial charge in [-0.1, -0.05) is 128 Å². The third-order valence-electron chi connectivity index (χ3n) is 9.47. The molecule has 7 nitrogen and oxygen atoms in total. The van der Waals surface area contributed by atoms with Gasteiger partial charge in [-0.25, -0.2) is 0 Å². The monoisotopic (exact) mass is 738 g/mol. The van der Waals surface area contributed by atoms with Gasteiger partial charge in [0.05, 0.1) is 13.2 Å². The van der Waals surface area contributed by atoms with Crippen molar-refractivity contribution in [1.82, 2.24) is 4.90 Å². The third-order valence-corrected chi connectivity index (χ3v) is 9.47. The normalized spacial score (nSPS) is 13.8. The Kier molecular flexibility index (Phi) is 39.9. The number of unbranched alkanes of at least 4 members (excludes halogenated alkanes) is 18. The lowest BCUT2D eigenvalue weighted by molar-refractivity contribution is -0.150. The lowest BCUT2D eigenvalue weighted by Gasteiger charge is -2.18. The maximum Gasteiger partial charge on any atom is 0.306 e. The number of esters is 1. The van der Waals surface area contributed by atoms with Crippen molar-refractivity contribution in [3.63, 3.8) is 0 Å². The Balaban J connectivity index is 4.02. The van der Waals surface area contributed by atoms with Gasteiger partial charge >= 0.3 is 5.97 Å². The molecule has 0 spiro atoms. The first-order chi connectivity index (χ1) is 25.4. The molecule has 0 amide bonds. The van der Waals surface area contributed by atoms with Crippen LogP contribution in [0.15, 0.2) is 24.3 Å². The summed E-state index contributed by atoms with van der Waals surface area (Å²) in [6.07, 6.45) is 38.6. The fourth-order valence-corrected chi connectivity index (χ4v) is 6.14. The van der Waals surface area contributed by atoms with Crippen LogP contribution in [0.2, 0.25) is 0 Å². The molecule has 0 aromatic carbocycles. The first-order valence-corrected chi connectivity index (χ1v) is 22.0. The zero-order valence-electron chi connectivity index (χ0n) is 35.4. The maximum absolute atomic E-state index is 12.6. The molecule has 0 aromatic heterocycles. The fourth-order valence-electron chi connectivity index (χ4n) is 6.14. The SMILES string of the molecule is CCCCCCC=CCOC(C)OCCCCCCCCC(CCCCCCCCOC(C)OCC=CCCCCCC)OC(=O)CCCN(C)C. The van der Waals surface area contributed by atoms with Crippen LogP contribution in [0.25, 0.3) is 0 Å². The lowest BCUT2D eigenvalue weighted by Crippen LogP contribution is -2.20. The van der Waals surface area contributed by atoms with E-state index in [1.54, 1.807) is 0 Å². The van der Waals surface area contributed by atoms with E-state index in [9.17, 15) is 4.79 Å². The topological polar surface area (TPSA) is 66.5 Å². The highest BCUT2D eigenvalue weighted by molar-refractivity contribution is 5.69. The molecular weight excluding hydrogens is 650 g/mol. The highest BCUT2D eigenvalue weighted by atomic mass is 16.7. The first-order valence-electron chi connectivity index (χ1n) is 22.0. The predicted molar refractivity (Wildman–Crippen MR) is 221 cm³/mol. The molecule has 2 unspecified atom stereocenters. The van der Waals surface area contributed by atoms with Gasteiger partial charge in [0.1, 0.15) is 6.10 Å². The van der Waals surface area contributed by atoms with E-state index >= 15 is 0 Å². The van der Waals surface area contributed by atoms with E-state index in [0.717, 1.165) is 77.5 Å². The number of hydrogen-bond acceptors (Lipinski definition) is 7. The molecular formula is C45H87NO6. The first kappa shape index (κ1) is 50.8. The number of carbonyl (C=O) groups is 1. The molecule has 7 heteroatoms. The van der Waals surface area contributed by atoms with Gasteiger partial charge in [0.25, 0.3) is 0 Å². The standard InChI is InChI=1S/C45H87NO6/c1-7-9-11-13-17-23-29-38-48-42(3)50-40-31-25-19-15-21-27-34-44(52-45(47)36-33-37-46(5)6)35-28-22-16-20-26-32-41-51-43(4)49-39-30-24-18-14-12-10-8-2/h23-24,29-30,42-44H,7-22,25-28,31-41H2,1-6H3. The third kappa shape index (κ3) is 39.9. The molecule has 0 rings (SSSR count). The lowest BCUT2D eigenvalue weighted by atomic mass is 10.0. The van der Waals surface area contributed by atoms with Crippen LogP contribution in [0.3, 0.4) is 0 Å². The Morgan fingerprint density at radius 3 is 1.38 bits per heavy atom. The van der Waals surface area contributed by atoms with Gasteiger partial charge in [-0.3, -0.25) is 4.79 Å². The second-order valence-electron chi connectivity index (χ2n) is 15.0. The second-order valence-corrected chi connectivity index (χ2v) is 15.0. The van der Waals surface area contributed by atoms with Crippen LogP contribution in [0.4, 0.5) is 0 Å². The van der Waals surface area contributed by atoms with Gasteiger partial charge in [-0.05, 0) is 105 Å². The zero-order chi connectivity index (χ0) is 38.2. The molecule has 308 valence electrons. The summed E-state index contributed by atoms with van der Waals surface area (Å²) >= 11 is 0.